The molecule has 1 aromatic rings. The van der Waals surface area contributed by atoms with Crippen LogP contribution in [-0.4, -0.2) is 22.5 Å². The lowest BCUT2D eigenvalue weighted by atomic mass is 9.97. The number of aromatic nitrogens is 1. The number of hydrogen-bond acceptors (Lipinski definition) is 4. The smallest absolute Gasteiger partial charge is 0.287 e. The summed E-state index contributed by atoms with van der Waals surface area (Å²) in [4.78, 5) is 14.5. The van der Waals surface area contributed by atoms with Crippen molar-refractivity contribution in [1.82, 2.24) is 10.3 Å². The lowest BCUT2D eigenvalue weighted by Crippen LogP contribution is -2.36. The highest BCUT2D eigenvalue weighted by molar-refractivity contribution is 5.33. The van der Waals surface area contributed by atoms with Gasteiger partial charge in [-0.2, -0.15) is 0 Å². The Balaban J connectivity index is 2.86. The first kappa shape index (κ1) is 14.6. The maximum Gasteiger partial charge on any atom is 0.287 e. The highest BCUT2D eigenvalue weighted by Gasteiger charge is 2.16. The van der Waals surface area contributed by atoms with E-state index in [0.717, 1.165) is 24.2 Å². The van der Waals surface area contributed by atoms with Crippen LogP contribution in [0.2, 0.25) is 0 Å². The molecule has 100 valence electrons. The number of hydrogen-bond donors (Lipinski definition) is 1. The monoisotopic (exact) mass is 251 g/mol. The van der Waals surface area contributed by atoms with Crippen LogP contribution in [0.3, 0.4) is 0 Å². The molecule has 0 spiro atoms. The highest BCUT2D eigenvalue weighted by atomic mass is 16.6. The summed E-state index contributed by atoms with van der Waals surface area (Å²) in [5, 5.41) is 14.1. The predicted molar refractivity (Wildman–Crippen MR) is 71.6 cm³/mol. The molecule has 0 aliphatic rings. The first-order valence-corrected chi connectivity index (χ1v) is 6.29. The second kappa shape index (κ2) is 6.44. The van der Waals surface area contributed by atoms with E-state index >= 15 is 0 Å². The molecule has 0 aliphatic heterocycles. The van der Waals surface area contributed by atoms with Crippen molar-refractivity contribution in [2.75, 3.05) is 6.54 Å². The number of likely N-dealkylation sites (N-methyl/N-ethyl adjacent to an activating group) is 1. The van der Waals surface area contributed by atoms with E-state index in [1.54, 1.807) is 6.07 Å². The Labute approximate surface area is 108 Å². The summed E-state index contributed by atoms with van der Waals surface area (Å²) in [6.07, 6.45) is 2.14. The molecule has 5 nitrogen and oxygen atoms in total. The molecule has 1 N–H and O–H groups in total. The summed E-state index contributed by atoms with van der Waals surface area (Å²) in [5.74, 6) is 0.501. The third-order valence-electron chi connectivity index (χ3n) is 3.07. The van der Waals surface area contributed by atoms with Crippen molar-refractivity contribution in [3.8, 4) is 0 Å². The molecule has 0 saturated heterocycles. The minimum Gasteiger partial charge on any atom is -0.314 e. The Bertz CT molecular complexity index is 419. The van der Waals surface area contributed by atoms with Crippen molar-refractivity contribution in [3.63, 3.8) is 0 Å². The Morgan fingerprint density at radius 2 is 2.17 bits per heavy atom. The molecular formula is C13H21N3O2. The van der Waals surface area contributed by atoms with Gasteiger partial charge in [0.25, 0.3) is 5.69 Å². The van der Waals surface area contributed by atoms with E-state index < -0.39 is 4.92 Å². The van der Waals surface area contributed by atoms with Gasteiger partial charge in [-0.3, -0.25) is 15.1 Å². The Morgan fingerprint density at radius 3 is 2.61 bits per heavy atom. The molecule has 18 heavy (non-hydrogen) atoms. The molecule has 5 heteroatoms. The number of rotatable bonds is 6. The molecule has 0 aromatic carbocycles. The van der Waals surface area contributed by atoms with Gasteiger partial charge in [0.15, 0.2) is 0 Å². The van der Waals surface area contributed by atoms with Gasteiger partial charge in [0, 0.05) is 24.2 Å². The van der Waals surface area contributed by atoms with Crippen LogP contribution in [0.4, 0.5) is 5.69 Å². The van der Waals surface area contributed by atoms with Crippen LogP contribution in [0.25, 0.3) is 0 Å². The fourth-order valence-electron chi connectivity index (χ4n) is 1.92. The average Bonchev–Trinajstić information content (AvgIpc) is 2.30. The second-order valence-electron chi connectivity index (χ2n) is 4.83. The van der Waals surface area contributed by atoms with Crippen molar-refractivity contribution in [1.29, 1.82) is 0 Å². The molecule has 0 amide bonds. The quantitative estimate of drug-likeness (QED) is 0.623. The third-order valence-corrected chi connectivity index (χ3v) is 3.07. The first-order chi connectivity index (χ1) is 8.45. The molecular weight excluding hydrogens is 230 g/mol. The van der Waals surface area contributed by atoms with Crippen LogP contribution < -0.4 is 5.32 Å². The SMILES string of the molecule is CCNC(Cc1ncc([N+](=O)[O-])cc1C)C(C)C. The van der Waals surface area contributed by atoms with E-state index in [4.69, 9.17) is 0 Å². The van der Waals surface area contributed by atoms with Gasteiger partial charge in [-0.15, -0.1) is 0 Å². The summed E-state index contributed by atoms with van der Waals surface area (Å²) in [6.45, 7) is 9.18. The van der Waals surface area contributed by atoms with Gasteiger partial charge in [-0.25, -0.2) is 0 Å². The maximum absolute atomic E-state index is 10.7. The van der Waals surface area contributed by atoms with Crippen LogP contribution >= 0.6 is 0 Å². The highest BCUT2D eigenvalue weighted by Crippen LogP contribution is 2.17. The van der Waals surface area contributed by atoms with Crippen molar-refractivity contribution >= 4 is 5.69 Å². The number of pyridine rings is 1. The van der Waals surface area contributed by atoms with E-state index in [2.05, 4.69) is 31.1 Å². The van der Waals surface area contributed by atoms with Gasteiger partial charge in [-0.05, 0) is 24.9 Å². The van der Waals surface area contributed by atoms with E-state index in [9.17, 15) is 10.1 Å². The Morgan fingerprint density at radius 1 is 1.50 bits per heavy atom. The predicted octanol–water partition coefficient (Wildman–Crippen LogP) is 2.47. The fraction of sp³-hybridized carbons (Fsp3) is 0.615. The molecule has 0 aliphatic carbocycles. The summed E-state index contributed by atoms with van der Waals surface area (Å²) < 4.78 is 0. The van der Waals surface area contributed by atoms with E-state index in [-0.39, 0.29) is 5.69 Å². The first-order valence-electron chi connectivity index (χ1n) is 6.29. The van der Waals surface area contributed by atoms with E-state index in [1.807, 2.05) is 6.92 Å². The van der Waals surface area contributed by atoms with Gasteiger partial charge >= 0.3 is 0 Å². The van der Waals surface area contributed by atoms with E-state index in [0.29, 0.717) is 12.0 Å². The molecule has 1 atom stereocenters. The zero-order chi connectivity index (χ0) is 13.7. The van der Waals surface area contributed by atoms with Crippen molar-refractivity contribution < 1.29 is 4.92 Å². The van der Waals surface area contributed by atoms with Gasteiger partial charge in [0.2, 0.25) is 0 Å². The minimum atomic E-state index is -0.409. The van der Waals surface area contributed by atoms with Crippen molar-refractivity contribution in [2.45, 2.75) is 40.2 Å². The Hall–Kier alpha value is -1.49. The maximum atomic E-state index is 10.7. The number of aryl methyl sites for hydroxylation is 1. The molecule has 0 saturated carbocycles. The average molecular weight is 251 g/mol. The number of nitrogens with one attached hydrogen (secondary N) is 1. The largest absolute Gasteiger partial charge is 0.314 e. The molecule has 0 bridgehead atoms. The fourth-order valence-corrected chi connectivity index (χ4v) is 1.92. The summed E-state index contributed by atoms with van der Waals surface area (Å²) >= 11 is 0. The van der Waals surface area contributed by atoms with Crippen molar-refractivity contribution in [3.05, 3.63) is 33.6 Å². The summed E-state index contributed by atoms with van der Waals surface area (Å²) in [7, 11) is 0. The number of nitrogens with zero attached hydrogens (tertiary/aromatic N) is 2. The van der Waals surface area contributed by atoms with Crippen molar-refractivity contribution in [2.24, 2.45) is 5.92 Å². The lowest BCUT2D eigenvalue weighted by Gasteiger charge is -2.22. The molecule has 0 radical (unpaired) electrons. The molecule has 1 aromatic heterocycles. The molecule has 1 heterocycles. The Kier molecular flexibility index (Phi) is 5.22. The van der Waals surface area contributed by atoms with Crippen LogP contribution in [-0.2, 0) is 6.42 Å². The third kappa shape index (κ3) is 3.77. The molecule has 1 rings (SSSR count). The standard InChI is InChI=1S/C13H21N3O2/c1-5-14-12(9(2)3)7-13-10(4)6-11(8-15-13)16(17)18/h6,8-9,12,14H,5,7H2,1-4H3. The normalized spacial score (nSPS) is 12.7. The topological polar surface area (TPSA) is 68.1 Å². The zero-order valence-electron chi connectivity index (χ0n) is 11.4. The lowest BCUT2D eigenvalue weighted by molar-refractivity contribution is -0.385. The van der Waals surface area contributed by atoms with Crippen LogP contribution in [0.5, 0.6) is 0 Å². The van der Waals surface area contributed by atoms with Gasteiger partial charge in [0.05, 0.1) is 4.92 Å². The minimum absolute atomic E-state index is 0.0563. The molecule has 0 fully saturated rings. The van der Waals surface area contributed by atoms with Gasteiger partial charge in [0.1, 0.15) is 6.20 Å². The van der Waals surface area contributed by atoms with Crippen LogP contribution in [0, 0.1) is 23.0 Å². The molecule has 1 unspecified atom stereocenters. The summed E-state index contributed by atoms with van der Waals surface area (Å²) in [5.41, 5.74) is 1.87. The number of nitro groups is 1. The van der Waals surface area contributed by atoms with Crippen LogP contribution in [0.1, 0.15) is 32.0 Å². The van der Waals surface area contributed by atoms with Gasteiger partial charge < -0.3 is 5.32 Å². The van der Waals surface area contributed by atoms with E-state index in [1.165, 1.54) is 6.20 Å². The zero-order valence-corrected chi connectivity index (χ0v) is 11.4. The second-order valence-corrected chi connectivity index (χ2v) is 4.83. The van der Waals surface area contributed by atoms with Crippen LogP contribution in [0.15, 0.2) is 12.3 Å². The van der Waals surface area contributed by atoms with Gasteiger partial charge in [-0.1, -0.05) is 20.8 Å². The summed E-state index contributed by atoms with van der Waals surface area (Å²) in [6, 6.07) is 1.94.